The Hall–Kier alpha value is -3.92. The van der Waals surface area contributed by atoms with Gasteiger partial charge in [0, 0.05) is 36.8 Å². The Morgan fingerprint density at radius 2 is 1.69 bits per heavy atom. The number of anilines is 1. The third-order valence-electron chi connectivity index (χ3n) is 6.45. The zero-order valence-corrected chi connectivity index (χ0v) is 20.8. The Morgan fingerprint density at radius 3 is 2.33 bits per heavy atom. The highest BCUT2D eigenvalue weighted by Gasteiger charge is 2.25. The average Bonchev–Trinajstić information content (AvgIpc) is 3.48. The third-order valence-corrected chi connectivity index (χ3v) is 6.70. The van der Waals surface area contributed by atoms with E-state index in [2.05, 4.69) is 45.7 Å². The van der Waals surface area contributed by atoms with Gasteiger partial charge < -0.3 is 5.32 Å². The van der Waals surface area contributed by atoms with Crippen LogP contribution in [0.25, 0.3) is 5.69 Å². The van der Waals surface area contributed by atoms with Crippen molar-refractivity contribution in [2.24, 2.45) is 0 Å². The number of nitrogens with one attached hydrogen (secondary N) is 1. The minimum absolute atomic E-state index is 0.133. The normalized spacial score (nSPS) is 12.8. The van der Waals surface area contributed by atoms with Crippen molar-refractivity contribution in [3.05, 3.63) is 111 Å². The summed E-state index contributed by atoms with van der Waals surface area (Å²) in [6.45, 7) is 5.44. The number of aryl methyl sites for hydroxylation is 1. The lowest BCUT2D eigenvalue weighted by Gasteiger charge is -2.15. The Bertz CT molecular complexity index is 1410. The van der Waals surface area contributed by atoms with Gasteiger partial charge in [0.2, 0.25) is 5.78 Å². The van der Waals surface area contributed by atoms with Crippen LogP contribution in [0.1, 0.15) is 44.7 Å². The molecule has 0 unspecified atom stereocenters. The van der Waals surface area contributed by atoms with E-state index >= 15 is 0 Å². The second kappa shape index (κ2) is 10.4. The number of benzene rings is 3. The molecule has 0 spiro atoms. The van der Waals surface area contributed by atoms with Gasteiger partial charge in [0.15, 0.2) is 5.69 Å². The van der Waals surface area contributed by atoms with Crippen LogP contribution < -0.4 is 5.32 Å². The number of hydrogen-bond acceptors (Lipinski definition) is 5. The number of fused-ring (bicyclic) bond motifs is 1. The Balaban J connectivity index is 1.37. The molecule has 0 atom stereocenters. The van der Waals surface area contributed by atoms with Gasteiger partial charge in [-0.25, -0.2) is 4.68 Å². The number of carbonyl (C=O) groups is 1. The first-order chi connectivity index (χ1) is 17.5. The van der Waals surface area contributed by atoms with Crippen molar-refractivity contribution in [2.75, 3.05) is 18.4 Å². The fraction of sp³-hybridized carbons (Fsp3) is 0.207. The maximum absolute atomic E-state index is 13.3. The quantitative estimate of drug-likeness (QED) is 0.249. The minimum atomic E-state index is -0.280. The number of rotatable bonds is 8. The van der Waals surface area contributed by atoms with Gasteiger partial charge in [-0.15, -0.1) is 0 Å². The first-order valence-corrected chi connectivity index (χ1v) is 12.3. The van der Waals surface area contributed by atoms with Crippen LogP contribution in [-0.4, -0.2) is 33.6 Å². The van der Waals surface area contributed by atoms with Crippen molar-refractivity contribution in [1.82, 2.24) is 14.7 Å². The summed E-state index contributed by atoms with van der Waals surface area (Å²) < 4.78 is 1.63. The van der Waals surface area contributed by atoms with Gasteiger partial charge in [0.05, 0.1) is 5.69 Å². The number of carbonyl (C=O) groups excluding carboxylic acids is 1. The molecule has 0 fully saturated rings. The van der Waals surface area contributed by atoms with Crippen molar-refractivity contribution in [3.63, 3.8) is 0 Å². The van der Waals surface area contributed by atoms with Crippen molar-refractivity contribution in [2.45, 2.75) is 26.4 Å². The fourth-order valence-electron chi connectivity index (χ4n) is 4.53. The summed E-state index contributed by atoms with van der Waals surface area (Å²) in [5, 5.41) is 18.6. The number of aromatic nitrogens is 2. The zero-order chi connectivity index (χ0) is 25.1. The molecule has 3 aromatic carbocycles. The van der Waals surface area contributed by atoms with Gasteiger partial charge >= 0.3 is 0 Å². The van der Waals surface area contributed by atoms with Crippen LogP contribution in [0.2, 0.25) is 5.02 Å². The van der Waals surface area contributed by atoms with Gasteiger partial charge in [-0.05, 0) is 48.7 Å². The van der Waals surface area contributed by atoms with E-state index in [1.54, 1.807) is 28.9 Å². The molecule has 36 heavy (non-hydrogen) atoms. The molecule has 1 aliphatic rings. The van der Waals surface area contributed by atoms with E-state index in [1.807, 2.05) is 31.2 Å². The van der Waals surface area contributed by atoms with E-state index in [-0.39, 0.29) is 17.0 Å². The molecule has 6 nitrogen and oxygen atoms in total. The number of halogens is 1. The number of ketones is 1. The molecular weight excluding hydrogens is 470 g/mol. The first kappa shape index (κ1) is 23.8. The summed E-state index contributed by atoms with van der Waals surface area (Å²) in [6.07, 6.45) is 0.881. The average molecular weight is 496 g/mol. The summed E-state index contributed by atoms with van der Waals surface area (Å²) in [4.78, 5) is 15.7. The van der Waals surface area contributed by atoms with E-state index in [4.69, 9.17) is 11.6 Å². The molecule has 2 heterocycles. The maximum atomic E-state index is 13.3. The van der Waals surface area contributed by atoms with Crippen molar-refractivity contribution in [3.8, 4) is 11.8 Å². The molecule has 0 saturated carbocycles. The molecule has 7 heteroatoms. The summed E-state index contributed by atoms with van der Waals surface area (Å²) in [6, 6.07) is 25.2. The van der Waals surface area contributed by atoms with Gasteiger partial charge in [-0.1, -0.05) is 65.7 Å². The SMILES string of the molecule is Cc1ccc(C(=O)c2nn(-c3ccc(Cl)cc3)c(NCCCN3Cc4ccccc4C3)c2C#N)cc1. The van der Waals surface area contributed by atoms with Crippen LogP contribution >= 0.6 is 11.6 Å². The van der Waals surface area contributed by atoms with Crippen molar-refractivity contribution >= 4 is 23.2 Å². The molecule has 0 bridgehead atoms. The molecule has 180 valence electrons. The fourth-order valence-corrected chi connectivity index (χ4v) is 4.65. The molecular formula is C29H26ClN5O. The van der Waals surface area contributed by atoms with Crippen LogP contribution in [0, 0.1) is 18.3 Å². The molecule has 0 saturated heterocycles. The van der Waals surface area contributed by atoms with E-state index in [0.29, 0.717) is 22.9 Å². The third kappa shape index (κ3) is 4.90. The Morgan fingerprint density at radius 1 is 1.03 bits per heavy atom. The molecule has 0 radical (unpaired) electrons. The zero-order valence-electron chi connectivity index (χ0n) is 20.0. The smallest absolute Gasteiger partial charge is 0.214 e. The van der Waals surface area contributed by atoms with Crippen LogP contribution in [0.3, 0.4) is 0 Å². The predicted octanol–water partition coefficient (Wildman–Crippen LogP) is 5.75. The van der Waals surface area contributed by atoms with Gasteiger partial charge in [0.25, 0.3) is 0 Å². The summed E-state index contributed by atoms with van der Waals surface area (Å²) >= 11 is 6.09. The topological polar surface area (TPSA) is 74.0 Å². The molecule has 1 aromatic heterocycles. The number of nitrogens with zero attached hydrogens (tertiary/aromatic N) is 4. The van der Waals surface area contributed by atoms with Gasteiger partial charge in [-0.3, -0.25) is 9.69 Å². The van der Waals surface area contributed by atoms with Gasteiger partial charge in [0.1, 0.15) is 17.5 Å². The van der Waals surface area contributed by atoms with Crippen LogP contribution in [0.5, 0.6) is 0 Å². The van der Waals surface area contributed by atoms with Crippen molar-refractivity contribution in [1.29, 1.82) is 5.26 Å². The van der Waals surface area contributed by atoms with Crippen LogP contribution in [0.15, 0.2) is 72.8 Å². The van der Waals surface area contributed by atoms with E-state index in [0.717, 1.165) is 37.3 Å². The van der Waals surface area contributed by atoms with E-state index in [9.17, 15) is 10.1 Å². The highest BCUT2D eigenvalue weighted by atomic mass is 35.5. The predicted molar refractivity (Wildman–Crippen MR) is 142 cm³/mol. The standard InChI is InChI=1S/C29H26ClN5O/c1-20-7-9-21(10-8-20)28(36)27-26(17-31)29(35(33-27)25-13-11-24(30)12-14-25)32-15-4-16-34-18-22-5-2-3-6-23(22)19-34/h2-3,5-14,32H,4,15-16,18-19H2,1H3. The van der Waals surface area contributed by atoms with E-state index < -0.39 is 0 Å². The summed E-state index contributed by atoms with van der Waals surface area (Å²) in [5.74, 6) is 0.233. The van der Waals surface area contributed by atoms with Crippen LogP contribution in [0.4, 0.5) is 5.82 Å². The maximum Gasteiger partial charge on any atom is 0.214 e. The van der Waals surface area contributed by atoms with Crippen molar-refractivity contribution < 1.29 is 4.79 Å². The molecule has 1 aliphatic heterocycles. The monoisotopic (exact) mass is 495 g/mol. The van der Waals surface area contributed by atoms with E-state index in [1.165, 1.54) is 11.1 Å². The second-order valence-corrected chi connectivity index (χ2v) is 9.46. The largest absolute Gasteiger partial charge is 0.369 e. The highest BCUT2D eigenvalue weighted by Crippen LogP contribution is 2.27. The van der Waals surface area contributed by atoms with Gasteiger partial charge in [-0.2, -0.15) is 10.4 Å². The minimum Gasteiger partial charge on any atom is -0.369 e. The molecule has 1 N–H and O–H groups in total. The Labute approximate surface area is 215 Å². The molecule has 4 aromatic rings. The molecule has 0 amide bonds. The lowest BCUT2D eigenvalue weighted by atomic mass is 10.0. The first-order valence-electron chi connectivity index (χ1n) is 12.0. The summed E-state index contributed by atoms with van der Waals surface area (Å²) in [7, 11) is 0. The molecule has 0 aliphatic carbocycles. The second-order valence-electron chi connectivity index (χ2n) is 9.03. The lowest BCUT2D eigenvalue weighted by Crippen LogP contribution is -2.20. The highest BCUT2D eigenvalue weighted by molar-refractivity contribution is 6.30. The molecule has 5 rings (SSSR count). The Kier molecular flexibility index (Phi) is 6.86. The van der Waals surface area contributed by atoms with Crippen LogP contribution in [-0.2, 0) is 13.1 Å². The lowest BCUT2D eigenvalue weighted by molar-refractivity contribution is 0.103. The number of nitriles is 1. The number of hydrogen-bond donors (Lipinski definition) is 1. The summed E-state index contributed by atoms with van der Waals surface area (Å²) in [5.41, 5.74) is 5.42.